The lowest BCUT2D eigenvalue weighted by Gasteiger charge is -2.26. The average Bonchev–Trinajstić information content (AvgIpc) is 2.46. The number of morpholine rings is 1. The van der Waals surface area contributed by atoms with Gasteiger partial charge in [0.15, 0.2) is 0 Å². The largest absolute Gasteiger partial charge is 0.379 e. The van der Waals surface area contributed by atoms with Crippen LogP contribution in [0.5, 0.6) is 0 Å². The molecule has 1 heterocycles. The third-order valence-electron chi connectivity index (χ3n) is 2.82. The van der Waals surface area contributed by atoms with E-state index in [9.17, 15) is 9.18 Å². The Morgan fingerprint density at radius 1 is 1.45 bits per heavy atom. The first-order chi connectivity index (χ1) is 9.70. The lowest BCUT2D eigenvalue weighted by molar-refractivity contribution is 0.0125. The number of hydrogen-bond donors (Lipinski definition) is 2. The Morgan fingerprint density at radius 3 is 2.85 bits per heavy atom. The van der Waals surface area contributed by atoms with Gasteiger partial charge in [0.1, 0.15) is 5.82 Å². The molecule has 0 bridgehead atoms. The molecule has 0 saturated carbocycles. The fraction of sp³-hybridized carbons (Fsp3) is 0.357. The van der Waals surface area contributed by atoms with Gasteiger partial charge in [0.2, 0.25) is 0 Å². The summed E-state index contributed by atoms with van der Waals surface area (Å²) in [5.74, 6) is 4.29. The number of amides is 1. The summed E-state index contributed by atoms with van der Waals surface area (Å²) in [7, 11) is 0. The van der Waals surface area contributed by atoms with Crippen molar-refractivity contribution >= 4 is 5.91 Å². The van der Waals surface area contributed by atoms with E-state index in [1.165, 1.54) is 12.1 Å². The Balaban J connectivity index is 2.05. The van der Waals surface area contributed by atoms with Gasteiger partial charge in [-0.3, -0.25) is 10.2 Å². The quantitative estimate of drug-likeness (QED) is 0.753. The molecule has 2 rings (SSSR count). The van der Waals surface area contributed by atoms with E-state index in [1.54, 1.807) is 11.1 Å². The molecule has 0 aromatic heterocycles. The minimum Gasteiger partial charge on any atom is -0.379 e. The number of benzene rings is 1. The Morgan fingerprint density at radius 2 is 2.20 bits per heavy atom. The Labute approximate surface area is 116 Å². The van der Waals surface area contributed by atoms with Crippen molar-refractivity contribution in [2.45, 2.75) is 0 Å². The van der Waals surface area contributed by atoms with Crippen molar-refractivity contribution in [1.82, 2.24) is 10.4 Å². The van der Waals surface area contributed by atoms with Crippen LogP contribution in [-0.2, 0) is 4.74 Å². The number of carbonyl (C=O) groups excluding carboxylic acids is 1. The zero-order chi connectivity index (χ0) is 14.4. The molecule has 1 fully saturated rings. The highest BCUT2D eigenvalue weighted by Gasteiger charge is 2.17. The molecule has 5 nitrogen and oxygen atoms in total. The van der Waals surface area contributed by atoms with Gasteiger partial charge in [0.05, 0.1) is 25.3 Å². The van der Waals surface area contributed by atoms with Gasteiger partial charge in [0, 0.05) is 18.7 Å². The number of nitrogens with two attached hydrogens (primary N) is 1. The number of nitrogens with zero attached hydrogens (tertiary/aromatic N) is 1. The van der Waals surface area contributed by atoms with E-state index in [0.29, 0.717) is 31.9 Å². The van der Waals surface area contributed by atoms with Crippen molar-refractivity contribution in [3.63, 3.8) is 0 Å². The summed E-state index contributed by atoms with van der Waals surface area (Å²) in [5.41, 5.74) is 8.40. The number of rotatable bonds is 2. The maximum absolute atomic E-state index is 13.9. The molecule has 0 aliphatic carbocycles. The van der Waals surface area contributed by atoms with Crippen molar-refractivity contribution < 1.29 is 13.9 Å². The first-order valence-corrected chi connectivity index (χ1v) is 6.33. The maximum atomic E-state index is 13.9. The van der Waals surface area contributed by atoms with Crippen LogP contribution in [0, 0.1) is 17.7 Å². The van der Waals surface area contributed by atoms with Crippen molar-refractivity contribution in [2.75, 3.05) is 32.8 Å². The lowest BCUT2D eigenvalue weighted by atomic mass is 10.1. The Hall–Kier alpha value is -1.94. The predicted molar refractivity (Wildman–Crippen MR) is 72.2 cm³/mol. The minimum atomic E-state index is -0.598. The van der Waals surface area contributed by atoms with Crippen LogP contribution in [0.15, 0.2) is 18.2 Å². The summed E-state index contributed by atoms with van der Waals surface area (Å²) < 4.78 is 19.1. The molecule has 6 heteroatoms. The van der Waals surface area contributed by atoms with E-state index in [0.717, 1.165) is 0 Å². The second-order valence-electron chi connectivity index (χ2n) is 4.24. The van der Waals surface area contributed by atoms with E-state index < -0.39 is 11.7 Å². The molecule has 0 spiro atoms. The summed E-state index contributed by atoms with van der Waals surface area (Å²) in [6.45, 7) is 2.49. The number of hydrogen-bond acceptors (Lipinski definition) is 4. The molecule has 0 unspecified atom stereocenters. The van der Waals surface area contributed by atoms with Gasteiger partial charge in [0.25, 0.3) is 5.91 Å². The van der Waals surface area contributed by atoms with Gasteiger partial charge in [-0.05, 0) is 18.2 Å². The average molecular weight is 277 g/mol. The second-order valence-corrected chi connectivity index (χ2v) is 4.24. The van der Waals surface area contributed by atoms with E-state index in [-0.39, 0.29) is 12.1 Å². The number of nitrogens with one attached hydrogen (secondary N) is 1. The molecule has 1 aromatic carbocycles. The molecule has 0 radical (unpaired) electrons. The van der Waals surface area contributed by atoms with Gasteiger partial charge >= 0.3 is 0 Å². The van der Waals surface area contributed by atoms with Crippen molar-refractivity contribution in [2.24, 2.45) is 5.73 Å². The third-order valence-corrected chi connectivity index (χ3v) is 2.82. The normalized spacial score (nSPS) is 15.3. The van der Waals surface area contributed by atoms with E-state index in [2.05, 4.69) is 17.3 Å². The second kappa shape index (κ2) is 7.01. The summed E-state index contributed by atoms with van der Waals surface area (Å²) in [6, 6.07) is 4.25. The van der Waals surface area contributed by atoms with Gasteiger partial charge in [-0.15, -0.1) is 0 Å². The van der Waals surface area contributed by atoms with Crippen LogP contribution in [-0.4, -0.2) is 43.8 Å². The zero-order valence-corrected chi connectivity index (χ0v) is 11.0. The fourth-order valence-electron chi connectivity index (χ4n) is 1.81. The van der Waals surface area contributed by atoms with Crippen molar-refractivity contribution in [3.05, 3.63) is 35.1 Å². The van der Waals surface area contributed by atoms with Crippen molar-refractivity contribution in [3.8, 4) is 11.8 Å². The zero-order valence-electron chi connectivity index (χ0n) is 11.0. The third kappa shape index (κ3) is 3.78. The van der Waals surface area contributed by atoms with Crippen LogP contribution in [0.3, 0.4) is 0 Å². The number of halogens is 1. The molecule has 1 saturated heterocycles. The molecular formula is C14H16FN3O2. The minimum absolute atomic E-state index is 0.00482. The standard InChI is InChI=1S/C14H16FN3O2/c15-13-10-11(2-1-5-16)3-4-12(13)14(19)17-18-6-8-20-9-7-18/h3-4,10H,5-9,16H2,(H,17,19). The molecule has 106 valence electrons. The predicted octanol–water partition coefficient (Wildman–Crippen LogP) is 0.113. The fourth-order valence-corrected chi connectivity index (χ4v) is 1.81. The van der Waals surface area contributed by atoms with Crippen LogP contribution in [0.2, 0.25) is 0 Å². The maximum Gasteiger partial charge on any atom is 0.268 e. The van der Waals surface area contributed by atoms with Crippen LogP contribution in [0.1, 0.15) is 15.9 Å². The summed E-state index contributed by atoms with van der Waals surface area (Å²) in [4.78, 5) is 12.0. The first-order valence-electron chi connectivity index (χ1n) is 6.33. The molecule has 1 aliphatic rings. The van der Waals surface area contributed by atoms with E-state index in [1.807, 2.05) is 0 Å². The molecule has 0 atom stereocenters. The SMILES string of the molecule is NCC#Cc1ccc(C(=O)NN2CCOCC2)c(F)c1. The lowest BCUT2D eigenvalue weighted by Crippen LogP contribution is -2.48. The van der Waals surface area contributed by atoms with Crippen LogP contribution >= 0.6 is 0 Å². The summed E-state index contributed by atoms with van der Waals surface area (Å²) in [5, 5.41) is 1.72. The summed E-state index contributed by atoms with van der Waals surface area (Å²) >= 11 is 0. The smallest absolute Gasteiger partial charge is 0.268 e. The van der Waals surface area contributed by atoms with Gasteiger partial charge in [-0.25, -0.2) is 9.40 Å². The highest BCUT2D eigenvalue weighted by Crippen LogP contribution is 2.10. The monoisotopic (exact) mass is 277 g/mol. The topological polar surface area (TPSA) is 67.6 Å². The molecule has 1 amide bonds. The Bertz CT molecular complexity index is 545. The summed E-state index contributed by atoms with van der Waals surface area (Å²) in [6.07, 6.45) is 0. The van der Waals surface area contributed by atoms with Gasteiger partial charge in [-0.2, -0.15) is 0 Å². The highest BCUT2D eigenvalue weighted by molar-refractivity contribution is 5.94. The molecule has 1 aromatic rings. The first kappa shape index (κ1) is 14.5. The van der Waals surface area contributed by atoms with Crippen LogP contribution in [0.25, 0.3) is 0 Å². The molecule has 3 N–H and O–H groups in total. The number of ether oxygens (including phenoxy) is 1. The van der Waals surface area contributed by atoms with E-state index in [4.69, 9.17) is 10.5 Å². The number of hydrazine groups is 1. The van der Waals surface area contributed by atoms with Crippen molar-refractivity contribution in [1.29, 1.82) is 0 Å². The highest BCUT2D eigenvalue weighted by atomic mass is 19.1. The molecular weight excluding hydrogens is 261 g/mol. The van der Waals surface area contributed by atoms with Crippen LogP contribution in [0.4, 0.5) is 4.39 Å². The van der Waals surface area contributed by atoms with Gasteiger partial charge < -0.3 is 10.5 Å². The van der Waals surface area contributed by atoms with Gasteiger partial charge in [-0.1, -0.05) is 11.8 Å². The van der Waals surface area contributed by atoms with E-state index >= 15 is 0 Å². The number of carbonyl (C=O) groups is 1. The van der Waals surface area contributed by atoms with Crippen LogP contribution < -0.4 is 11.2 Å². The molecule has 20 heavy (non-hydrogen) atoms. The molecule has 1 aliphatic heterocycles. The Kier molecular flexibility index (Phi) is 5.07.